The van der Waals surface area contributed by atoms with Gasteiger partial charge < -0.3 is 0 Å². The van der Waals surface area contributed by atoms with Crippen molar-refractivity contribution in [3.05, 3.63) is 180 Å². The Labute approximate surface area is 315 Å². The van der Waals surface area contributed by atoms with Crippen molar-refractivity contribution < 1.29 is 0 Å². The van der Waals surface area contributed by atoms with Gasteiger partial charge in [-0.1, -0.05) is 135 Å². The second kappa shape index (κ2) is 15.4. The van der Waals surface area contributed by atoms with E-state index in [9.17, 15) is 5.26 Å². The van der Waals surface area contributed by atoms with Gasteiger partial charge in [0.05, 0.1) is 28.1 Å². The van der Waals surface area contributed by atoms with Crippen LogP contribution in [0.5, 0.6) is 0 Å². The zero-order valence-electron chi connectivity index (χ0n) is 30.2. The van der Waals surface area contributed by atoms with Crippen LogP contribution in [0.3, 0.4) is 0 Å². The Morgan fingerprint density at radius 1 is 0.537 bits per heavy atom. The van der Waals surface area contributed by atoms with Gasteiger partial charge in [0.15, 0.2) is 17.5 Å². The highest BCUT2D eigenvalue weighted by molar-refractivity contribution is 5.86. The van der Waals surface area contributed by atoms with Crippen LogP contribution in [0.15, 0.2) is 146 Å². The second-order valence-electron chi connectivity index (χ2n) is 13.8. The summed E-state index contributed by atoms with van der Waals surface area (Å²) in [4.78, 5) is 29.4. The molecule has 0 unspecified atom stereocenters. The first kappa shape index (κ1) is 34.2. The van der Waals surface area contributed by atoms with Crippen LogP contribution in [0.4, 0.5) is 0 Å². The molecule has 0 aliphatic rings. The summed E-state index contributed by atoms with van der Waals surface area (Å²) in [6, 6.07) is 44.5. The maximum Gasteiger partial charge on any atom is 0.162 e. The fourth-order valence-electron chi connectivity index (χ4n) is 6.88. The van der Waals surface area contributed by atoms with Crippen molar-refractivity contribution in [2.75, 3.05) is 0 Å². The third-order valence-corrected chi connectivity index (χ3v) is 9.53. The SMILES string of the molecule is CC(C)Cc1nc(-c2cnc(-c3ccc(-c4ccccc4)cc3Cc3ccccc3)nc2Cc2cccc3ccccc23)ncc1-c1ncc(C#N)cn1. The first-order chi connectivity index (χ1) is 26.5. The van der Waals surface area contributed by atoms with E-state index in [2.05, 4.69) is 139 Å². The molecular weight excluding hydrogens is 663 g/mol. The minimum Gasteiger partial charge on any atom is -0.236 e. The van der Waals surface area contributed by atoms with Gasteiger partial charge >= 0.3 is 0 Å². The predicted octanol–water partition coefficient (Wildman–Crippen LogP) is 10.1. The van der Waals surface area contributed by atoms with Gasteiger partial charge in [-0.05, 0) is 57.3 Å². The molecule has 3 aromatic heterocycles. The van der Waals surface area contributed by atoms with Gasteiger partial charge in [-0.3, -0.25) is 0 Å². The predicted molar refractivity (Wildman–Crippen MR) is 214 cm³/mol. The minimum atomic E-state index is 0.320. The molecule has 260 valence electrons. The number of benzene rings is 5. The summed E-state index contributed by atoms with van der Waals surface area (Å²) in [6.07, 6.45) is 8.73. The number of hydrogen-bond acceptors (Lipinski definition) is 7. The molecule has 3 heterocycles. The van der Waals surface area contributed by atoms with E-state index in [0.29, 0.717) is 41.8 Å². The van der Waals surface area contributed by atoms with Crippen molar-refractivity contribution in [1.29, 1.82) is 5.26 Å². The number of hydrogen-bond donors (Lipinski definition) is 0. The van der Waals surface area contributed by atoms with E-state index in [1.165, 1.54) is 28.7 Å². The average Bonchev–Trinajstić information content (AvgIpc) is 3.21. The third kappa shape index (κ3) is 7.37. The van der Waals surface area contributed by atoms with Crippen LogP contribution in [0.2, 0.25) is 0 Å². The first-order valence-corrected chi connectivity index (χ1v) is 18.2. The summed E-state index contributed by atoms with van der Waals surface area (Å²) in [5.41, 5.74) is 10.4. The number of fused-ring (bicyclic) bond motifs is 1. The monoisotopic (exact) mass is 699 g/mol. The maximum atomic E-state index is 9.29. The van der Waals surface area contributed by atoms with Gasteiger partial charge in [0.2, 0.25) is 0 Å². The molecule has 0 atom stereocenters. The highest BCUT2D eigenvalue weighted by Gasteiger charge is 2.20. The summed E-state index contributed by atoms with van der Waals surface area (Å²) in [5.74, 6) is 2.02. The molecule has 8 aromatic rings. The fraction of sp³-hybridized carbons (Fsp3) is 0.128. The summed E-state index contributed by atoms with van der Waals surface area (Å²) in [5, 5.41) is 11.6. The molecule has 5 aromatic carbocycles. The summed E-state index contributed by atoms with van der Waals surface area (Å²) < 4.78 is 0. The van der Waals surface area contributed by atoms with Gasteiger partial charge in [-0.2, -0.15) is 5.26 Å². The average molecular weight is 700 g/mol. The summed E-state index contributed by atoms with van der Waals surface area (Å²) >= 11 is 0. The standard InChI is InChI=1S/C47H37N7/c1-31(2)22-43-41(45-49-27-33(26-48)28-50-45)29-52-47(53-43)42-30-51-46(54-44(42)25-37-18-11-17-35-16-9-10-19-39(35)37)40-21-20-36(34-14-7-4-8-15-34)24-38(40)23-32-12-5-3-6-13-32/h3-21,24,27-31H,22-23,25H2,1-2H3. The quantitative estimate of drug-likeness (QED) is 0.140. The molecule has 7 heteroatoms. The fourth-order valence-corrected chi connectivity index (χ4v) is 6.88. The summed E-state index contributed by atoms with van der Waals surface area (Å²) in [6.45, 7) is 4.32. The van der Waals surface area contributed by atoms with Crippen LogP contribution in [0.1, 0.15) is 47.5 Å². The Bertz CT molecular complexity index is 2610. The van der Waals surface area contributed by atoms with Crippen LogP contribution in [0.25, 0.3) is 56.1 Å². The van der Waals surface area contributed by atoms with Crippen molar-refractivity contribution in [1.82, 2.24) is 29.9 Å². The van der Waals surface area contributed by atoms with Gasteiger partial charge in [0.25, 0.3) is 0 Å². The molecule has 0 aliphatic carbocycles. The molecule has 0 spiro atoms. The second-order valence-corrected chi connectivity index (χ2v) is 13.8. The Morgan fingerprint density at radius 2 is 1.17 bits per heavy atom. The van der Waals surface area contributed by atoms with Crippen LogP contribution in [-0.4, -0.2) is 29.9 Å². The molecule has 0 N–H and O–H groups in total. The lowest BCUT2D eigenvalue weighted by molar-refractivity contribution is 0.635. The number of nitriles is 1. The molecular formula is C47H37N7. The molecule has 0 radical (unpaired) electrons. The zero-order chi connectivity index (χ0) is 36.9. The van der Waals surface area contributed by atoms with Gasteiger partial charge in [-0.25, -0.2) is 29.9 Å². The molecule has 54 heavy (non-hydrogen) atoms. The number of aromatic nitrogens is 6. The van der Waals surface area contributed by atoms with Crippen LogP contribution >= 0.6 is 0 Å². The lowest BCUT2D eigenvalue weighted by Crippen LogP contribution is -2.08. The molecule has 7 nitrogen and oxygen atoms in total. The van der Waals surface area contributed by atoms with Crippen molar-refractivity contribution in [3.63, 3.8) is 0 Å². The highest BCUT2D eigenvalue weighted by atomic mass is 14.9. The highest BCUT2D eigenvalue weighted by Crippen LogP contribution is 2.33. The van der Waals surface area contributed by atoms with Crippen LogP contribution < -0.4 is 0 Å². The Hall–Kier alpha value is -6.91. The normalized spacial score (nSPS) is 11.1. The topological polar surface area (TPSA) is 101 Å². The van der Waals surface area contributed by atoms with E-state index in [1.807, 2.05) is 18.3 Å². The van der Waals surface area contributed by atoms with E-state index in [4.69, 9.17) is 19.9 Å². The van der Waals surface area contributed by atoms with E-state index in [1.54, 1.807) is 6.20 Å². The number of rotatable bonds is 10. The Kier molecular flexibility index (Phi) is 9.73. The van der Waals surface area contributed by atoms with Crippen LogP contribution in [0, 0.1) is 17.2 Å². The molecule has 8 rings (SSSR count). The first-order valence-electron chi connectivity index (χ1n) is 18.2. The van der Waals surface area contributed by atoms with Crippen molar-refractivity contribution in [3.8, 4) is 51.4 Å². The van der Waals surface area contributed by atoms with E-state index < -0.39 is 0 Å². The van der Waals surface area contributed by atoms with E-state index in [-0.39, 0.29) is 0 Å². The molecule has 0 saturated carbocycles. The Morgan fingerprint density at radius 3 is 1.91 bits per heavy atom. The van der Waals surface area contributed by atoms with Crippen molar-refractivity contribution in [2.24, 2.45) is 5.92 Å². The molecule has 0 bridgehead atoms. The van der Waals surface area contributed by atoms with E-state index in [0.717, 1.165) is 56.8 Å². The summed E-state index contributed by atoms with van der Waals surface area (Å²) in [7, 11) is 0. The molecule has 0 saturated heterocycles. The molecule has 0 aliphatic heterocycles. The van der Waals surface area contributed by atoms with Crippen molar-refractivity contribution >= 4 is 10.8 Å². The van der Waals surface area contributed by atoms with E-state index >= 15 is 0 Å². The lowest BCUT2D eigenvalue weighted by Gasteiger charge is -2.16. The zero-order valence-corrected chi connectivity index (χ0v) is 30.2. The third-order valence-electron chi connectivity index (χ3n) is 9.53. The van der Waals surface area contributed by atoms with Gasteiger partial charge in [0.1, 0.15) is 6.07 Å². The largest absolute Gasteiger partial charge is 0.236 e. The van der Waals surface area contributed by atoms with Crippen LogP contribution in [-0.2, 0) is 19.3 Å². The maximum absolute atomic E-state index is 9.29. The number of nitrogens with zero attached hydrogens (tertiary/aromatic N) is 7. The van der Waals surface area contributed by atoms with Gasteiger partial charge in [0, 0.05) is 36.8 Å². The van der Waals surface area contributed by atoms with Gasteiger partial charge in [-0.15, -0.1) is 0 Å². The lowest BCUT2D eigenvalue weighted by atomic mass is 9.94. The van der Waals surface area contributed by atoms with Crippen molar-refractivity contribution in [2.45, 2.75) is 33.1 Å². The molecule has 0 amide bonds. The smallest absolute Gasteiger partial charge is 0.162 e. The minimum absolute atomic E-state index is 0.320. The molecule has 0 fully saturated rings. The Balaban J connectivity index is 1.28.